The smallest absolute Gasteiger partial charge is 0.242 e. The Morgan fingerprint density at radius 2 is 1.75 bits per heavy atom. The summed E-state index contributed by atoms with van der Waals surface area (Å²) in [7, 11) is -2.07. The third kappa shape index (κ3) is 9.02. The van der Waals surface area contributed by atoms with E-state index in [1.807, 2.05) is 26.0 Å². The molecular weight excluding hydrogens is 502 g/mol. The number of methoxy groups -OCH3 is 1. The second-order valence-corrected chi connectivity index (χ2v) is 11.4. The standard InChI is InChI=1S/C26H36ClN3O5S/c1-19(2)17-28-26(32)20(3)29(18-21-11-13-22(27)14-12-21)25(31)10-7-15-30(36(5,33)34)23-8-6-9-24(16-23)35-4/h6,8-9,11-14,16,19-20H,7,10,15,17-18H2,1-5H3,(H,28,32). The lowest BCUT2D eigenvalue weighted by Gasteiger charge is -2.29. The molecule has 1 atom stereocenters. The molecule has 0 aromatic heterocycles. The number of hydrogen-bond acceptors (Lipinski definition) is 5. The Hall–Kier alpha value is -2.78. The second-order valence-electron chi connectivity index (χ2n) is 9.10. The zero-order chi connectivity index (χ0) is 26.9. The van der Waals surface area contributed by atoms with Crippen molar-refractivity contribution in [3.63, 3.8) is 0 Å². The number of sulfonamides is 1. The van der Waals surface area contributed by atoms with E-state index in [-0.39, 0.29) is 43.7 Å². The van der Waals surface area contributed by atoms with E-state index in [1.165, 1.54) is 16.3 Å². The average Bonchev–Trinajstić information content (AvgIpc) is 2.83. The lowest BCUT2D eigenvalue weighted by atomic mass is 10.1. The number of nitrogens with zero attached hydrogens (tertiary/aromatic N) is 2. The number of anilines is 1. The Kier molecular flexibility index (Phi) is 11.0. The first-order valence-electron chi connectivity index (χ1n) is 11.9. The van der Waals surface area contributed by atoms with Crippen LogP contribution in [-0.4, -0.2) is 57.6 Å². The minimum atomic E-state index is -3.58. The molecule has 1 unspecified atom stereocenters. The maximum absolute atomic E-state index is 13.3. The van der Waals surface area contributed by atoms with E-state index in [9.17, 15) is 18.0 Å². The van der Waals surface area contributed by atoms with E-state index >= 15 is 0 Å². The molecule has 0 aliphatic rings. The molecule has 0 spiro atoms. The summed E-state index contributed by atoms with van der Waals surface area (Å²) in [6.45, 7) is 6.55. The monoisotopic (exact) mass is 537 g/mol. The van der Waals surface area contributed by atoms with Gasteiger partial charge in [-0.25, -0.2) is 8.42 Å². The first kappa shape index (κ1) is 29.5. The predicted molar refractivity (Wildman–Crippen MR) is 144 cm³/mol. The molecule has 8 nitrogen and oxygen atoms in total. The van der Waals surface area contributed by atoms with Gasteiger partial charge in [-0.1, -0.05) is 43.6 Å². The highest BCUT2D eigenvalue weighted by atomic mass is 35.5. The van der Waals surface area contributed by atoms with E-state index in [1.54, 1.807) is 43.3 Å². The van der Waals surface area contributed by atoms with Gasteiger partial charge in [-0.3, -0.25) is 13.9 Å². The van der Waals surface area contributed by atoms with Gasteiger partial charge in [0.15, 0.2) is 0 Å². The molecule has 0 aliphatic heterocycles. The van der Waals surface area contributed by atoms with Crippen LogP contribution in [0.15, 0.2) is 48.5 Å². The van der Waals surface area contributed by atoms with Crippen LogP contribution in [0.3, 0.4) is 0 Å². The van der Waals surface area contributed by atoms with Crippen LogP contribution in [0.1, 0.15) is 39.2 Å². The van der Waals surface area contributed by atoms with Crippen LogP contribution in [-0.2, 0) is 26.2 Å². The number of hydrogen-bond donors (Lipinski definition) is 1. The second kappa shape index (κ2) is 13.5. The first-order chi connectivity index (χ1) is 16.9. The van der Waals surface area contributed by atoms with Crippen molar-refractivity contribution >= 4 is 39.1 Å². The molecule has 2 aromatic carbocycles. The van der Waals surface area contributed by atoms with Crippen LogP contribution in [0.2, 0.25) is 5.02 Å². The van der Waals surface area contributed by atoms with E-state index in [0.29, 0.717) is 23.0 Å². The van der Waals surface area contributed by atoms with Gasteiger partial charge in [0.25, 0.3) is 0 Å². The Labute approximate surface area is 219 Å². The van der Waals surface area contributed by atoms with Gasteiger partial charge in [-0.05, 0) is 49.1 Å². The van der Waals surface area contributed by atoms with Gasteiger partial charge in [0.05, 0.1) is 19.1 Å². The molecule has 0 heterocycles. The summed E-state index contributed by atoms with van der Waals surface area (Å²) in [5.41, 5.74) is 1.30. The molecule has 0 aliphatic carbocycles. The number of amides is 2. The van der Waals surface area contributed by atoms with Crippen molar-refractivity contribution in [2.45, 2.75) is 46.2 Å². The van der Waals surface area contributed by atoms with Crippen LogP contribution in [0.5, 0.6) is 5.75 Å². The Morgan fingerprint density at radius 3 is 2.33 bits per heavy atom. The first-order valence-corrected chi connectivity index (χ1v) is 14.1. The van der Waals surface area contributed by atoms with Crippen LogP contribution >= 0.6 is 11.6 Å². The van der Waals surface area contributed by atoms with Gasteiger partial charge < -0.3 is 15.0 Å². The third-order valence-electron chi connectivity index (χ3n) is 5.61. The fraction of sp³-hybridized carbons (Fsp3) is 0.462. The summed E-state index contributed by atoms with van der Waals surface area (Å²) in [6.07, 6.45) is 1.48. The van der Waals surface area contributed by atoms with Crippen LogP contribution in [0.4, 0.5) is 5.69 Å². The summed E-state index contributed by atoms with van der Waals surface area (Å²) in [4.78, 5) is 27.6. The zero-order valence-electron chi connectivity index (χ0n) is 21.5. The van der Waals surface area contributed by atoms with Crippen molar-refractivity contribution in [3.8, 4) is 5.75 Å². The molecule has 2 rings (SSSR count). The maximum atomic E-state index is 13.3. The lowest BCUT2D eigenvalue weighted by Crippen LogP contribution is -2.48. The fourth-order valence-electron chi connectivity index (χ4n) is 3.59. The highest BCUT2D eigenvalue weighted by Gasteiger charge is 2.26. The van der Waals surface area contributed by atoms with Gasteiger partial charge >= 0.3 is 0 Å². The van der Waals surface area contributed by atoms with Gasteiger partial charge in [0.1, 0.15) is 11.8 Å². The molecule has 10 heteroatoms. The SMILES string of the molecule is COc1cccc(N(CCCC(=O)N(Cc2ccc(Cl)cc2)C(C)C(=O)NCC(C)C)S(C)(=O)=O)c1. The van der Waals surface area contributed by atoms with E-state index in [2.05, 4.69) is 5.32 Å². The number of halogens is 1. The fourth-order valence-corrected chi connectivity index (χ4v) is 4.67. The Morgan fingerprint density at radius 1 is 1.08 bits per heavy atom. The highest BCUT2D eigenvalue weighted by molar-refractivity contribution is 7.92. The van der Waals surface area contributed by atoms with Crippen molar-refractivity contribution in [3.05, 3.63) is 59.1 Å². The summed E-state index contributed by atoms with van der Waals surface area (Å²) >= 11 is 5.99. The summed E-state index contributed by atoms with van der Waals surface area (Å²) in [5.74, 6) is 0.337. The molecule has 36 heavy (non-hydrogen) atoms. The molecule has 0 fully saturated rings. The quantitative estimate of drug-likeness (QED) is 0.415. The molecular formula is C26H36ClN3O5S. The van der Waals surface area contributed by atoms with Gasteiger partial charge in [-0.2, -0.15) is 0 Å². The number of benzene rings is 2. The highest BCUT2D eigenvalue weighted by Crippen LogP contribution is 2.24. The van der Waals surface area contributed by atoms with Gasteiger partial charge in [-0.15, -0.1) is 0 Å². The Balaban J connectivity index is 2.16. The number of rotatable bonds is 13. The molecule has 198 valence electrons. The maximum Gasteiger partial charge on any atom is 0.242 e. The molecule has 2 amide bonds. The lowest BCUT2D eigenvalue weighted by molar-refractivity contribution is -0.140. The molecule has 0 saturated heterocycles. The molecule has 1 N–H and O–H groups in total. The number of nitrogens with one attached hydrogen (secondary N) is 1. The largest absolute Gasteiger partial charge is 0.497 e. The minimum Gasteiger partial charge on any atom is -0.497 e. The van der Waals surface area contributed by atoms with Gasteiger partial charge in [0, 0.05) is 37.1 Å². The topological polar surface area (TPSA) is 96.0 Å². The van der Waals surface area contributed by atoms with Crippen LogP contribution in [0, 0.1) is 5.92 Å². The van der Waals surface area contributed by atoms with Crippen molar-refractivity contribution in [2.24, 2.45) is 5.92 Å². The van der Waals surface area contributed by atoms with Crippen molar-refractivity contribution in [1.82, 2.24) is 10.2 Å². The van der Waals surface area contributed by atoms with Gasteiger partial charge in [0.2, 0.25) is 21.8 Å². The van der Waals surface area contributed by atoms with E-state index in [4.69, 9.17) is 16.3 Å². The van der Waals surface area contributed by atoms with Crippen LogP contribution in [0.25, 0.3) is 0 Å². The predicted octanol–water partition coefficient (Wildman–Crippen LogP) is 4.08. The minimum absolute atomic E-state index is 0.0748. The molecule has 0 radical (unpaired) electrons. The Bertz CT molecular complexity index is 1120. The zero-order valence-corrected chi connectivity index (χ0v) is 23.1. The summed E-state index contributed by atoms with van der Waals surface area (Å²) in [5, 5.41) is 3.47. The molecule has 0 bridgehead atoms. The number of carbonyl (C=O) groups excluding carboxylic acids is 2. The average molecular weight is 538 g/mol. The van der Waals surface area contributed by atoms with Crippen molar-refractivity contribution in [2.75, 3.05) is 30.8 Å². The van der Waals surface area contributed by atoms with Crippen molar-refractivity contribution < 1.29 is 22.7 Å². The molecule has 2 aromatic rings. The molecule has 0 saturated carbocycles. The van der Waals surface area contributed by atoms with E-state index in [0.717, 1.165) is 11.8 Å². The normalized spacial score (nSPS) is 12.2. The van der Waals surface area contributed by atoms with E-state index < -0.39 is 16.1 Å². The summed E-state index contributed by atoms with van der Waals surface area (Å²) in [6, 6.07) is 13.2. The van der Waals surface area contributed by atoms with Crippen LogP contribution < -0.4 is 14.4 Å². The third-order valence-corrected chi connectivity index (χ3v) is 7.06. The van der Waals surface area contributed by atoms with Crippen molar-refractivity contribution in [1.29, 1.82) is 0 Å². The number of ether oxygens (including phenoxy) is 1. The number of carbonyl (C=O) groups is 2. The summed E-state index contributed by atoms with van der Waals surface area (Å²) < 4.78 is 31.4.